The molecule has 110 valence electrons. The van der Waals surface area contributed by atoms with Gasteiger partial charge in [-0.2, -0.15) is 0 Å². The standard InChI is InChI=1S/C16H21BrO3/c1-19-15(18)13-6-5-7-14(10-13)20-12-16(11-17)8-3-2-4-9-16/h5-7,10H,2-4,8-9,11-12H2,1H3. The summed E-state index contributed by atoms with van der Waals surface area (Å²) < 4.78 is 10.7. The lowest BCUT2D eigenvalue weighted by Gasteiger charge is -2.35. The van der Waals surface area contributed by atoms with E-state index in [1.54, 1.807) is 12.1 Å². The van der Waals surface area contributed by atoms with Crippen LogP contribution in [-0.2, 0) is 4.74 Å². The number of rotatable bonds is 5. The maximum atomic E-state index is 11.5. The summed E-state index contributed by atoms with van der Waals surface area (Å²) in [6.07, 6.45) is 6.28. The molecule has 0 heterocycles. The zero-order valence-corrected chi connectivity index (χ0v) is 13.4. The molecule has 0 unspecified atom stereocenters. The summed E-state index contributed by atoms with van der Waals surface area (Å²) in [5.74, 6) is 0.405. The van der Waals surface area contributed by atoms with Gasteiger partial charge < -0.3 is 9.47 Å². The highest BCUT2D eigenvalue weighted by molar-refractivity contribution is 9.09. The largest absolute Gasteiger partial charge is 0.493 e. The third kappa shape index (κ3) is 3.75. The van der Waals surface area contributed by atoms with Gasteiger partial charge in [0.25, 0.3) is 0 Å². The molecular formula is C16H21BrO3. The van der Waals surface area contributed by atoms with Crippen molar-refractivity contribution in [1.82, 2.24) is 0 Å². The second-order valence-corrected chi connectivity index (χ2v) is 6.06. The molecule has 0 bridgehead atoms. The molecule has 1 fully saturated rings. The number of hydrogen-bond acceptors (Lipinski definition) is 3. The Morgan fingerprint density at radius 1 is 1.30 bits per heavy atom. The molecule has 1 saturated carbocycles. The second kappa shape index (κ2) is 7.11. The number of esters is 1. The van der Waals surface area contributed by atoms with Crippen molar-refractivity contribution in [3.8, 4) is 5.75 Å². The third-order valence-corrected chi connectivity index (χ3v) is 5.19. The molecular weight excluding hydrogens is 320 g/mol. The van der Waals surface area contributed by atoms with Crippen molar-refractivity contribution < 1.29 is 14.3 Å². The van der Waals surface area contributed by atoms with Gasteiger partial charge in [0, 0.05) is 10.7 Å². The van der Waals surface area contributed by atoms with Crippen LogP contribution in [0.25, 0.3) is 0 Å². The Kier molecular flexibility index (Phi) is 5.46. The fourth-order valence-electron chi connectivity index (χ4n) is 2.69. The SMILES string of the molecule is COC(=O)c1cccc(OCC2(CBr)CCCCC2)c1. The van der Waals surface area contributed by atoms with Crippen LogP contribution in [0.4, 0.5) is 0 Å². The summed E-state index contributed by atoms with van der Waals surface area (Å²) >= 11 is 3.64. The van der Waals surface area contributed by atoms with Crippen LogP contribution in [0.15, 0.2) is 24.3 Å². The first kappa shape index (κ1) is 15.4. The molecule has 1 aliphatic rings. The zero-order valence-electron chi connectivity index (χ0n) is 11.9. The molecule has 0 atom stereocenters. The van der Waals surface area contributed by atoms with Gasteiger partial charge in [-0.25, -0.2) is 4.79 Å². The van der Waals surface area contributed by atoms with Crippen molar-refractivity contribution in [1.29, 1.82) is 0 Å². The Morgan fingerprint density at radius 3 is 2.70 bits per heavy atom. The number of halogens is 1. The lowest BCUT2D eigenvalue weighted by molar-refractivity contribution is 0.0599. The fraction of sp³-hybridized carbons (Fsp3) is 0.562. The van der Waals surface area contributed by atoms with E-state index in [0.29, 0.717) is 12.2 Å². The van der Waals surface area contributed by atoms with E-state index in [4.69, 9.17) is 9.47 Å². The minimum Gasteiger partial charge on any atom is -0.493 e. The molecule has 0 spiro atoms. The predicted octanol–water partition coefficient (Wildman–Crippen LogP) is 4.20. The topological polar surface area (TPSA) is 35.5 Å². The Labute approximate surface area is 128 Å². The second-order valence-electron chi connectivity index (χ2n) is 5.50. The average molecular weight is 341 g/mol. The molecule has 2 rings (SSSR count). The molecule has 1 aromatic carbocycles. The normalized spacial score (nSPS) is 17.5. The van der Waals surface area contributed by atoms with Crippen molar-refractivity contribution >= 4 is 21.9 Å². The summed E-state index contributed by atoms with van der Waals surface area (Å²) in [5.41, 5.74) is 0.765. The van der Waals surface area contributed by atoms with E-state index < -0.39 is 0 Å². The first-order valence-corrected chi connectivity index (χ1v) is 8.18. The molecule has 0 saturated heterocycles. The fourth-order valence-corrected chi connectivity index (χ4v) is 3.41. The maximum absolute atomic E-state index is 11.5. The quantitative estimate of drug-likeness (QED) is 0.595. The van der Waals surface area contributed by atoms with E-state index in [9.17, 15) is 4.79 Å². The summed E-state index contributed by atoms with van der Waals surface area (Å²) in [6, 6.07) is 7.19. The first-order valence-electron chi connectivity index (χ1n) is 7.06. The van der Waals surface area contributed by atoms with Crippen molar-refractivity contribution in [3.63, 3.8) is 0 Å². The molecule has 20 heavy (non-hydrogen) atoms. The number of carbonyl (C=O) groups excluding carboxylic acids is 1. The van der Waals surface area contributed by atoms with Crippen LogP contribution in [-0.4, -0.2) is 25.0 Å². The van der Waals surface area contributed by atoms with Gasteiger partial charge in [0.2, 0.25) is 0 Å². The van der Waals surface area contributed by atoms with Crippen molar-refractivity contribution in [2.75, 3.05) is 19.0 Å². The van der Waals surface area contributed by atoms with Crippen LogP contribution in [0.1, 0.15) is 42.5 Å². The monoisotopic (exact) mass is 340 g/mol. The third-order valence-electron chi connectivity index (χ3n) is 4.00. The Hall–Kier alpha value is -1.03. The van der Waals surface area contributed by atoms with Crippen LogP contribution in [0.3, 0.4) is 0 Å². The van der Waals surface area contributed by atoms with Crippen molar-refractivity contribution in [2.24, 2.45) is 5.41 Å². The molecule has 0 aromatic heterocycles. The van der Waals surface area contributed by atoms with E-state index in [1.807, 2.05) is 12.1 Å². The van der Waals surface area contributed by atoms with Gasteiger partial charge in [-0.3, -0.25) is 0 Å². The van der Waals surface area contributed by atoms with Crippen LogP contribution >= 0.6 is 15.9 Å². The lowest BCUT2D eigenvalue weighted by Crippen LogP contribution is -2.32. The summed E-state index contributed by atoms with van der Waals surface area (Å²) in [7, 11) is 1.39. The number of hydrogen-bond donors (Lipinski definition) is 0. The van der Waals surface area contributed by atoms with Crippen LogP contribution in [0, 0.1) is 5.41 Å². The van der Waals surface area contributed by atoms with Gasteiger partial charge in [-0.1, -0.05) is 41.3 Å². The number of methoxy groups -OCH3 is 1. The molecule has 3 nitrogen and oxygen atoms in total. The van der Waals surface area contributed by atoms with Crippen LogP contribution < -0.4 is 4.74 Å². The van der Waals surface area contributed by atoms with Crippen molar-refractivity contribution in [3.05, 3.63) is 29.8 Å². The van der Waals surface area contributed by atoms with Gasteiger partial charge in [0.15, 0.2) is 0 Å². The van der Waals surface area contributed by atoms with E-state index in [-0.39, 0.29) is 11.4 Å². The summed E-state index contributed by atoms with van der Waals surface area (Å²) in [6.45, 7) is 0.697. The van der Waals surface area contributed by atoms with Gasteiger partial charge in [-0.05, 0) is 31.0 Å². The lowest BCUT2D eigenvalue weighted by atomic mass is 9.76. The highest BCUT2D eigenvalue weighted by Crippen LogP contribution is 2.38. The molecule has 4 heteroatoms. The smallest absolute Gasteiger partial charge is 0.337 e. The van der Waals surface area contributed by atoms with Crippen LogP contribution in [0.5, 0.6) is 5.75 Å². The number of ether oxygens (including phenoxy) is 2. The summed E-state index contributed by atoms with van der Waals surface area (Å²) in [5, 5.41) is 0.969. The van der Waals surface area contributed by atoms with E-state index in [2.05, 4.69) is 15.9 Å². The van der Waals surface area contributed by atoms with Crippen molar-refractivity contribution in [2.45, 2.75) is 32.1 Å². The molecule has 1 aromatic rings. The molecule has 1 aliphatic carbocycles. The molecule has 0 radical (unpaired) electrons. The highest BCUT2D eigenvalue weighted by atomic mass is 79.9. The Bertz CT molecular complexity index is 453. The summed E-state index contributed by atoms with van der Waals surface area (Å²) in [4.78, 5) is 11.5. The Morgan fingerprint density at radius 2 is 2.05 bits per heavy atom. The average Bonchev–Trinajstić information content (AvgIpc) is 2.53. The zero-order chi connectivity index (χ0) is 14.4. The van der Waals surface area contributed by atoms with Gasteiger partial charge in [-0.15, -0.1) is 0 Å². The highest BCUT2D eigenvalue weighted by Gasteiger charge is 2.31. The number of alkyl halides is 1. The molecule has 0 amide bonds. The van der Waals surface area contributed by atoms with Gasteiger partial charge in [0.05, 0.1) is 19.3 Å². The van der Waals surface area contributed by atoms with E-state index >= 15 is 0 Å². The minimum absolute atomic E-state index is 0.236. The van der Waals surface area contributed by atoms with Gasteiger partial charge >= 0.3 is 5.97 Å². The minimum atomic E-state index is -0.330. The predicted molar refractivity (Wildman–Crippen MR) is 82.6 cm³/mol. The maximum Gasteiger partial charge on any atom is 0.337 e. The van der Waals surface area contributed by atoms with E-state index in [0.717, 1.165) is 11.1 Å². The Balaban J connectivity index is 2.01. The molecule has 0 N–H and O–H groups in total. The van der Waals surface area contributed by atoms with E-state index in [1.165, 1.54) is 39.2 Å². The van der Waals surface area contributed by atoms with Gasteiger partial charge in [0.1, 0.15) is 5.75 Å². The van der Waals surface area contributed by atoms with Crippen LogP contribution in [0.2, 0.25) is 0 Å². The number of benzene rings is 1. The number of carbonyl (C=O) groups is 1. The molecule has 0 aliphatic heterocycles. The first-order chi connectivity index (χ1) is 9.69.